The lowest BCUT2D eigenvalue weighted by Gasteiger charge is -2.38. The van der Waals surface area contributed by atoms with Gasteiger partial charge in [0.25, 0.3) is 0 Å². The molecule has 0 radical (unpaired) electrons. The number of esters is 1. The Bertz CT molecular complexity index is 955. The molecule has 6 nitrogen and oxygen atoms in total. The Morgan fingerprint density at radius 3 is 2.71 bits per heavy atom. The van der Waals surface area contributed by atoms with Crippen LogP contribution in [0.3, 0.4) is 0 Å². The number of benzene rings is 1. The fourth-order valence-corrected chi connectivity index (χ4v) is 4.96. The van der Waals surface area contributed by atoms with Gasteiger partial charge in [0.1, 0.15) is 10.6 Å². The van der Waals surface area contributed by atoms with Gasteiger partial charge in [0.15, 0.2) is 10.8 Å². The topological polar surface area (TPSA) is 54.9 Å². The number of thiazole rings is 1. The molecule has 1 saturated heterocycles. The van der Waals surface area contributed by atoms with Crippen LogP contribution in [-0.2, 0) is 17.3 Å². The number of alkyl halides is 3. The first kappa shape index (κ1) is 21.9. The van der Waals surface area contributed by atoms with E-state index in [0.717, 1.165) is 29.1 Å². The molecule has 31 heavy (non-hydrogen) atoms. The van der Waals surface area contributed by atoms with Crippen molar-refractivity contribution >= 4 is 22.4 Å². The van der Waals surface area contributed by atoms with Crippen molar-refractivity contribution in [2.75, 3.05) is 44.3 Å². The minimum Gasteiger partial charge on any atom is -0.493 e. The lowest BCUT2D eigenvalue weighted by Crippen LogP contribution is -2.47. The molecule has 2 aliphatic rings. The van der Waals surface area contributed by atoms with Gasteiger partial charge < -0.3 is 14.4 Å². The molecule has 1 fully saturated rings. The third-order valence-corrected chi connectivity index (χ3v) is 6.78. The van der Waals surface area contributed by atoms with Gasteiger partial charge >= 0.3 is 12.1 Å². The molecule has 1 aromatic carbocycles. The second-order valence-electron chi connectivity index (χ2n) is 7.56. The van der Waals surface area contributed by atoms with Crippen LogP contribution < -0.4 is 9.64 Å². The number of rotatable bonds is 5. The normalized spacial score (nSPS) is 17.9. The Morgan fingerprint density at radius 2 is 2.03 bits per heavy atom. The highest BCUT2D eigenvalue weighted by atomic mass is 32.1. The molecule has 2 aliphatic heterocycles. The van der Waals surface area contributed by atoms with E-state index in [1.165, 1.54) is 5.56 Å². The smallest absolute Gasteiger partial charge is 0.435 e. The molecular weight excluding hydrogens is 431 g/mol. The van der Waals surface area contributed by atoms with Crippen LogP contribution in [0.1, 0.15) is 46.4 Å². The number of carbonyl (C=O) groups is 1. The molecule has 2 aromatic rings. The lowest BCUT2D eigenvalue weighted by atomic mass is 10.0. The van der Waals surface area contributed by atoms with E-state index in [1.54, 1.807) is 11.8 Å². The van der Waals surface area contributed by atoms with Gasteiger partial charge in [-0.1, -0.05) is 23.5 Å². The Balaban J connectivity index is 1.45. The van der Waals surface area contributed by atoms with Crippen LogP contribution in [0.5, 0.6) is 5.75 Å². The number of hydrogen-bond donors (Lipinski definition) is 0. The van der Waals surface area contributed by atoms with E-state index in [0.29, 0.717) is 32.8 Å². The van der Waals surface area contributed by atoms with Crippen LogP contribution in [0, 0.1) is 0 Å². The zero-order valence-corrected chi connectivity index (χ0v) is 18.2. The van der Waals surface area contributed by atoms with Gasteiger partial charge in [-0.05, 0) is 31.0 Å². The highest BCUT2D eigenvalue weighted by Crippen LogP contribution is 2.38. The van der Waals surface area contributed by atoms with Crippen molar-refractivity contribution in [1.82, 2.24) is 9.88 Å². The van der Waals surface area contributed by atoms with Gasteiger partial charge in [-0.25, -0.2) is 9.78 Å². The van der Waals surface area contributed by atoms with E-state index < -0.39 is 22.7 Å². The lowest BCUT2D eigenvalue weighted by molar-refractivity contribution is -0.141. The van der Waals surface area contributed by atoms with Crippen molar-refractivity contribution in [2.45, 2.75) is 32.5 Å². The van der Waals surface area contributed by atoms with Crippen molar-refractivity contribution in [3.63, 3.8) is 0 Å². The minimum atomic E-state index is -4.71. The largest absolute Gasteiger partial charge is 0.493 e. The second-order valence-corrected chi connectivity index (χ2v) is 8.53. The van der Waals surface area contributed by atoms with E-state index >= 15 is 0 Å². The molecule has 0 bridgehead atoms. The van der Waals surface area contributed by atoms with Crippen LogP contribution in [-0.4, -0.2) is 55.2 Å². The number of hydrogen-bond acceptors (Lipinski definition) is 7. The Hall–Kier alpha value is -2.33. The molecule has 0 amide bonds. The van der Waals surface area contributed by atoms with Crippen LogP contribution in [0.2, 0.25) is 0 Å². The molecule has 0 saturated carbocycles. The molecule has 0 N–H and O–H groups in total. The summed E-state index contributed by atoms with van der Waals surface area (Å²) in [4.78, 5) is 19.4. The van der Waals surface area contributed by atoms with Gasteiger partial charge in [0.2, 0.25) is 0 Å². The van der Waals surface area contributed by atoms with Gasteiger partial charge in [-0.15, -0.1) is 0 Å². The highest BCUT2D eigenvalue weighted by Gasteiger charge is 2.41. The minimum absolute atomic E-state index is 0.00760. The summed E-state index contributed by atoms with van der Waals surface area (Å²) in [5.41, 5.74) is 1.22. The highest BCUT2D eigenvalue weighted by molar-refractivity contribution is 7.17. The molecule has 1 unspecified atom stereocenters. The third kappa shape index (κ3) is 4.50. The van der Waals surface area contributed by atoms with Gasteiger partial charge in [0.05, 0.1) is 13.2 Å². The molecule has 1 atom stereocenters. The van der Waals surface area contributed by atoms with Gasteiger partial charge in [0, 0.05) is 38.6 Å². The fraction of sp³-hybridized carbons (Fsp3) is 0.524. The zero-order chi connectivity index (χ0) is 22.2. The maximum Gasteiger partial charge on any atom is 0.435 e. The molecular formula is C21H24F3N3O3S. The number of nitrogens with zero attached hydrogens (tertiary/aromatic N) is 3. The summed E-state index contributed by atoms with van der Waals surface area (Å²) in [6, 6.07) is 6.47. The second kappa shape index (κ2) is 8.66. The van der Waals surface area contributed by atoms with Crippen LogP contribution in [0.25, 0.3) is 0 Å². The van der Waals surface area contributed by atoms with Crippen molar-refractivity contribution in [2.24, 2.45) is 0 Å². The van der Waals surface area contributed by atoms with Gasteiger partial charge in [-0.3, -0.25) is 4.90 Å². The predicted molar refractivity (Wildman–Crippen MR) is 111 cm³/mol. The number of ether oxygens (including phenoxy) is 2. The first-order valence-corrected chi connectivity index (χ1v) is 11.1. The number of anilines is 1. The maximum atomic E-state index is 13.4. The summed E-state index contributed by atoms with van der Waals surface area (Å²) < 4.78 is 50.6. The summed E-state index contributed by atoms with van der Waals surface area (Å²) in [5.74, 6) is -0.0402. The molecule has 168 valence electrons. The number of aromatic nitrogens is 1. The number of carbonyl (C=O) groups excluding carboxylic acids is 1. The zero-order valence-electron chi connectivity index (χ0n) is 17.4. The van der Waals surface area contributed by atoms with E-state index in [9.17, 15) is 18.0 Å². The number of halogens is 3. The molecule has 4 rings (SSSR count). The monoisotopic (exact) mass is 455 g/mol. The third-order valence-electron chi connectivity index (χ3n) is 5.68. The summed E-state index contributed by atoms with van der Waals surface area (Å²) >= 11 is 0.746. The Morgan fingerprint density at radius 1 is 1.29 bits per heavy atom. The Kier molecular flexibility index (Phi) is 6.11. The average Bonchev–Trinajstić information content (AvgIpc) is 3.40. The predicted octanol–water partition coefficient (Wildman–Crippen LogP) is 4.16. The molecule has 3 heterocycles. The van der Waals surface area contributed by atoms with Crippen molar-refractivity contribution in [3.05, 3.63) is 39.9 Å². The maximum absolute atomic E-state index is 13.4. The first-order chi connectivity index (χ1) is 14.8. The summed E-state index contributed by atoms with van der Waals surface area (Å²) in [6.07, 6.45) is -3.77. The molecule has 1 aromatic heterocycles. The first-order valence-electron chi connectivity index (χ1n) is 10.3. The van der Waals surface area contributed by atoms with E-state index in [2.05, 4.69) is 35.0 Å². The van der Waals surface area contributed by atoms with Crippen LogP contribution >= 0.6 is 11.3 Å². The van der Waals surface area contributed by atoms with E-state index in [4.69, 9.17) is 9.47 Å². The molecule has 0 aliphatic carbocycles. The quantitative estimate of drug-likeness (QED) is 0.632. The summed E-state index contributed by atoms with van der Waals surface area (Å²) in [7, 11) is 0. The van der Waals surface area contributed by atoms with Gasteiger partial charge in [-0.2, -0.15) is 13.2 Å². The standard InChI is InChI=1S/C21H24F3N3O3S/c1-3-29-19(28)17-18(21(22,23)24)25-20(31-17)27-9-7-26(8-10-27)13(2)15-5-4-14-6-11-30-16(14)12-15/h4-5,12-13H,3,6-11H2,1-2H3. The number of fused-ring (bicyclic) bond motifs is 1. The molecule has 10 heteroatoms. The van der Waals surface area contributed by atoms with E-state index in [1.807, 2.05) is 0 Å². The average molecular weight is 456 g/mol. The molecule has 0 spiro atoms. The van der Waals surface area contributed by atoms with Crippen LogP contribution in [0.4, 0.5) is 18.3 Å². The number of piperazine rings is 1. The summed E-state index contributed by atoms with van der Waals surface area (Å²) in [5, 5.41) is 0.202. The fourth-order valence-electron chi connectivity index (χ4n) is 3.93. The van der Waals surface area contributed by atoms with E-state index in [-0.39, 0.29) is 17.8 Å². The Labute approximate surface area is 182 Å². The van der Waals surface area contributed by atoms with Crippen LogP contribution in [0.15, 0.2) is 18.2 Å². The van der Waals surface area contributed by atoms with Crippen molar-refractivity contribution < 1.29 is 27.4 Å². The van der Waals surface area contributed by atoms with Crippen molar-refractivity contribution in [1.29, 1.82) is 0 Å². The SMILES string of the molecule is CCOC(=O)c1sc(N2CCN(C(C)c3ccc4c(c3)OCC4)CC2)nc1C(F)(F)F. The van der Waals surface area contributed by atoms with Crippen molar-refractivity contribution in [3.8, 4) is 5.75 Å². The summed E-state index contributed by atoms with van der Waals surface area (Å²) in [6.45, 7) is 6.80.